The van der Waals surface area contributed by atoms with Gasteiger partial charge in [-0.1, -0.05) is 13.0 Å². The maximum Gasteiger partial charge on any atom is 0.246 e. The number of hydrogen-bond donors (Lipinski definition) is 2. The number of thioether (sulfide) groups is 1. The molecule has 4 heteroatoms. The minimum Gasteiger partial charge on any atom is -0.351 e. The first-order valence-electron chi connectivity index (χ1n) is 4.89. The van der Waals surface area contributed by atoms with Crippen LogP contribution in [0.1, 0.15) is 19.8 Å². The molecule has 1 amide bonds. The quantitative estimate of drug-likeness (QED) is 0.731. The lowest BCUT2D eigenvalue weighted by atomic mass is 10.2. The molecule has 0 radical (unpaired) electrons. The summed E-state index contributed by atoms with van der Waals surface area (Å²) in [4.78, 5) is 11.6. The van der Waals surface area contributed by atoms with Gasteiger partial charge in [-0.2, -0.15) is 11.8 Å². The van der Waals surface area contributed by atoms with E-state index in [9.17, 15) is 4.79 Å². The van der Waals surface area contributed by atoms with Gasteiger partial charge in [0.05, 0.1) is 0 Å². The molecule has 1 aliphatic carbocycles. The first-order valence-corrected chi connectivity index (χ1v) is 6.18. The third-order valence-electron chi connectivity index (χ3n) is 2.39. The predicted octanol–water partition coefficient (Wildman–Crippen LogP) is 0.902. The zero-order chi connectivity index (χ0) is 10.6. The Bertz CT molecular complexity index is 240. The summed E-state index contributed by atoms with van der Waals surface area (Å²) in [6.07, 6.45) is 5.55. The number of hydrogen-bond acceptors (Lipinski definition) is 3. The third-order valence-corrected chi connectivity index (χ3v) is 3.36. The van der Waals surface area contributed by atoms with Gasteiger partial charge < -0.3 is 11.1 Å². The SMILES string of the molecule is CSC(C)CNC(=O)C1=CCC(N)C1. The van der Waals surface area contributed by atoms with Gasteiger partial charge in [0.15, 0.2) is 0 Å². The van der Waals surface area contributed by atoms with Crippen molar-refractivity contribution in [3.8, 4) is 0 Å². The molecule has 0 aliphatic heterocycles. The van der Waals surface area contributed by atoms with E-state index < -0.39 is 0 Å². The maximum atomic E-state index is 11.6. The van der Waals surface area contributed by atoms with E-state index in [-0.39, 0.29) is 11.9 Å². The fourth-order valence-corrected chi connectivity index (χ4v) is 1.61. The lowest BCUT2D eigenvalue weighted by Gasteiger charge is -2.10. The number of nitrogens with one attached hydrogen (secondary N) is 1. The van der Waals surface area contributed by atoms with Crippen molar-refractivity contribution < 1.29 is 4.79 Å². The van der Waals surface area contributed by atoms with Crippen LogP contribution in [0.25, 0.3) is 0 Å². The second kappa shape index (κ2) is 5.41. The highest BCUT2D eigenvalue weighted by Gasteiger charge is 2.18. The molecule has 2 unspecified atom stereocenters. The van der Waals surface area contributed by atoms with Crippen LogP contribution in [-0.4, -0.2) is 30.0 Å². The molecule has 0 aromatic heterocycles. The van der Waals surface area contributed by atoms with Gasteiger partial charge >= 0.3 is 0 Å². The maximum absolute atomic E-state index is 11.6. The Balaban J connectivity index is 2.29. The minimum atomic E-state index is 0.0545. The van der Waals surface area contributed by atoms with Crippen molar-refractivity contribution >= 4 is 17.7 Å². The van der Waals surface area contributed by atoms with E-state index in [1.165, 1.54) is 0 Å². The molecule has 0 fully saturated rings. The van der Waals surface area contributed by atoms with Crippen molar-refractivity contribution in [3.05, 3.63) is 11.6 Å². The van der Waals surface area contributed by atoms with E-state index in [2.05, 4.69) is 12.2 Å². The molecule has 80 valence electrons. The van der Waals surface area contributed by atoms with Gasteiger partial charge in [-0.15, -0.1) is 0 Å². The highest BCUT2D eigenvalue weighted by Crippen LogP contribution is 2.16. The molecule has 0 spiro atoms. The van der Waals surface area contributed by atoms with Crippen molar-refractivity contribution in [3.63, 3.8) is 0 Å². The molecular formula is C10H18N2OS. The molecule has 3 N–H and O–H groups in total. The van der Waals surface area contributed by atoms with Crippen molar-refractivity contribution in [2.45, 2.75) is 31.1 Å². The van der Waals surface area contributed by atoms with Crippen LogP contribution < -0.4 is 11.1 Å². The summed E-state index contributed by atoms with van der Waals surface area (Å²) in [6, 6.07) is 0.147. The molecule has 0 saturated carbocycles. The highest BCUT2D eigenvalue weighted by atomic mass is 32.2. The molecule has 0 aromatic rings. The summed E-state index contributed by atoms with van der Waals surface area (Å²) < 4.78 is 0. The molecule has 3 nitrogen and oxygen atoms in total. The Morgan fingerprint density at radius 2 is 2.57 bits per heavy atom. The van der Waals surface area contributed by atoms with E-state index in [0.29, 0.717) is 5.25 Å². The zero-order valence-corrected chi connectivity index (χ0v) is 9.56. The average Bonchev–Trinajstić information content (AvgIpc) is 2.60. The van der Waals surface area contributed by atoms with Gasteiger partial charge in [-0.05, 0) is 19.1 Å². The van der Waals surface area contributed by atoms with Crippen LogP contribution in [0.5, 0.6) is 0 Å². The van der Waals surface area contributed by atoms with E-state index in [0.717, 1.165) is 25.0 Å². The van der Waals surface area contributed by atoms with Crippen LogP contribution in [0.2, 0.25) is 0 Å². The topological polar surface area (TPSA) is 55.1 Å². The van der Waals surface area contributed by atoms with Gasteiger partial charge in [0.1, 0.15) is 0 Å². The van der Waals surface area contributed by atoms with Gasteiger partial charge in [0.2, 0.25) is 5.91 Å². The zero-order valence-electron chi connectivity index (χ0n) is 8.75. The smallest absolute Gasteiger partial charge is 0.246 e. The number of nitrogens with two attached hydrogens (primary N) is 1. The fourth-order valence-electron chi connectivity index (χ4n) is 1.36. The number of carbonyl (C=O) groups is 1. The summed E-state index contributed by atoms with van der Waals surface area (Å²) in [5.74, 6) is 0.0545. The first kappa shape index (κ1) is 11.6. The first-order chi connectivity index (χ1) is 6.63. The van der Waals surface area contributed by atoms with Crippen molar-refractivity contribution in [2.24, 2.45) is 5.73 Å². The molecular weight excluding hydrogens is 196 g/mol. The predicted molar refractivity (Wildman–Crippen MR) is 61.3 cm³/mol. The second-order valence-electron chi connectivity index (χ2n) is 3.69. The van der Waals surface area contributed by atoms with Crippen LogP contribution in [-0.2, 0) is 4.79 Å². The Morgan fingerprint density at radius 1 is 1.86 bits per heavy atom. The van der Waals surface area contributed by atoms with E-state index in [1.54, 1.807) is 11.8 Å². The van der Waals surface area contributed by atoms with E-state index in [1.807, 2.05) is 12.3 Å². The summed E-state index contributed by atoms with van der Waals surface area (Å²) in [5.41, 5.74) is 6.56. The van der Waals surface area contributed by atoms with Crippen LogP contribution in [0.4, 0.5) is 0 Å². The third kappa shape index (κ3) is 3.35. The monoisotopic (exact) mass is 214 g/mol. The normalized spacial score (nSPS) is 23.1. The molecule has 1 aliphatic rings. The molecule has 0 heterocycles. The Kier molecular flexibility index (Phi) is 4.48. The molecule has 2 atom stereocenters. The molecule has 1 rings (SSSR count). The second-order valence-corrected chi connectivity index (χ2v) is 4.96. The number of amides is 1. The lowest BCUT2D eigenvalue weighted by molar-refractivity contribution is -0.117. The van der Waals surface area contributed by atoms with Crippen LogP contribution in [0.3, 0.4) is 0 Å². The molecule has 14 heavy (non-hydrogen) atoms. The standard InChI is InChI=1S/C10H18N2OS/c1-7(14-2)6-12-10(13)8-3-4-9(11)5-8/h3,7,9H,4-6,11H2,1-2H3,(H,12,13). The van der Waals surface area contributed by atoms with Gasteiger partial charge in [-0.3, -0.25) is 4.79 Å². The van der Waals surface area contributed by atoms with Crippen LogP contribution in [0, 0.1) is 0 Å². The molecule has 0 saturated heterocycles. The Labute approximate surface area is 89.5 Å². The summed E-state index contributed by atoms with van der Waals surface area (Å²) >= 11 is 1.75. The van der Waals surface area contributed by atoms with Gasteiger partial charge in [-0.25, -0.2) is 0 Å². The molecule has 0 aromatic carbocycles. The fraction of sp³-hybridized carbons (Fsp3) is 0.700. The van der Waals surface area contributed by atoms with E-state index in [4.69, 9.17) is 5.73 Å². The number of carbonyl (C=O) groups excluding carboxylic acids is 1. The summed E-state index contributed by atoms with van der Waals surface area (Å²) in [5, 5.41) is 3.38. The van der Waals surface area contributed by atoms with Gasteiger partial charge in [0, 0.05) is 23.4 Å². The van der Waals surface area contributed by atoms with Crippen LogP contribution >= 0.6 is 11.8 Å². The van der Waals surface area contributed by atoms with Gasteiger partial charge in [0.25, 0.3) is 0 Å². The number of rotatable bonds is 4. The molecule has 0 bridgehead atoms. The largest absolute Gasteiger partial charge is 0.351 e. The van der Waals surface area contributed by atoms with E-state index >= 15 is 0 Å². The minimum absolute atomic E-state index is 0.0545. The van der Waals surface area contributed by atoms with Crippen molar-refractivity contribution in [1.29, 1.82) is 0 Å². The van der Waals surface area contributed by atoms with Crippen molar-refractivity contribution in [1.82, 2.24) is 5.32 Å². The lowest BCUT2D eigenvalue weighted by Crippen LogP contribution is -2.31. The Hall–Kier alpha value is -0.480. The summed E-state index contributed by atoms with van der Waals surface area (Å²) in [7, 11) is 0. The average molecular weight is 214 g/mol. The van der Waals surface area contributed by atoms with Crippen LogP contribution in [0.15, 0.2) is 11.6 Å². The van der Waals surface area contributed by atoms with Crippen molar-refractivity contribution in [2.75, 3.05) is 12.8 Å². The summed E-state index contributed by atoms with van der Waals surface area (Å²) in [6.45, 7) is 2.83. The highest BCUT2D eigenvalue weighted by molar-refractivity contribution is 7.99. The Morgan fingerprint density at radius 3 is 3.07 bits per heavy atom.